The number of aliphatic hydroxyl groups is 1. The van der Waals surface area contributed by atoms with E-state index in [1.54, 1.807) is 11.3 Å². The number of hydrogen-bond acceptors (Lipinski definition) is 3. The van der Waals surface area contributed by atoms with Crippen LogP contribution in [-0.2, 0) is 17.6 Å². The van der Waals surface area contributed by atoms with Crippen LogP contribution in [0.5, 0.6) is 0 Å². The van der Waals surface area contributed by atoms with Crippen molar-refractivity contribution in [1.82, 2.24) is 0 Å². The standard InChI is InChI=1S/C15H14FNO2S/c16-10-6-9-3-4-14(19)17-15(9)12(7-10)13(18)8-11-2-1-5-20-11/h1-2,5-7,13,18H,3-4,8H2,(H,17,19). The quantitative estimate of drug-likeness (QED) is 0.913. The number of rotatable bonds is 3. The normalized spacial score (nSPS) is 15.6. The summed E-state index contributed by atoms with van der Waals surface area (Å²) >= 11 is 1.55. The van der Waals surface area contributed by atoms with Gasteiger partial charge in [0.25, 0.3) is 0 Å². The van der Waals surface area contributed by atoms with Crippen molar-refractivity contribution < 1.29 is 14.3 Å². The van der Waals surface area contributed by atoms with E-state index in [2.05, 4.69) is 5.32 Å². The number of aryl methyl sites for hydroxylation is 1. The van der Waals surface area contributed by atoms with E-state index < -0.39 is 6.10 Å². The molecule has 1 aliphatic heterocycles. The smallest absolute Gasteiger partial charge is 0.224 e. The molecule has 2 N–H and O–H groups in total. The molecule has 0 saturated carbocycles. The average Bonchev–Trinajstić information content (AvgIpc) is 2.91. The lowest BCUT2D eigenvalue weighted by atomic mass is 9.94. The highest BCUT2D eigenvalue weighted by Crippen LogP contribution is 2.33. The van der Waals surface area contributed by atoms with Gasteiger partial charge in [-0.05, 0) is 35.6 Å². The van der Waals surface area contributed by atoms with Crippen molar-refractivity contribution >= 4 is 22.9 Å². The molecule has 3 rings (SSSR count). The monoisotopic (exact) mass is 291 g/mol. The van der Waals surface area contributed by atoms with Gasteiger partial charge in [-0.2, -0.15) is 0 Å². The first-order valence-corrected chi connectivity index (χ1v) is 7.34. The van der Waals surface area contributed by atoms with Crippen LogP contribution < -0.4 is 5.32 Å². The topological polar surface area (TPSA) is 49.3 Å². The van der Waals surface area contributed by atoms with E-state index in [4.69, 9.17) is 0 Å². The highest BCUT2D eigenvalue weighted by molar-refractivity contribution is 7.09. The highest BCUT2D eigenvalue weighted by Gasteiger charge is 2.23. The maximum absolute atomic E-state index is 13.7. The van der Waals surface area contributed by atoms with Crippen LogP contribution in [0.3, 0.4) is 0 Å². The Morgan fingerprint density at radius 2 is 2.25 bits per heavy atom. The predicted molar refractivity (Wildman–Crippen MR) is 76.3 cm³/mol. The second kappa shape index (κ2) is 5.34. The number of anilines is 1. The molecule has 1 amide bonds. The molecule has 0 aliphatic carbocycles. The number of halogens is 1. The van der Waals surface area contributed by atoms with Crippen molar-refractivity contribution in [2.24, 2.45) is 0 Å². The Hall–Kier alpha value is -1.72. The number of hydrogen-bond donors (Lipinski definition) is 2. The van der Waals surface area contributed by atoms with Gasteiger partial charge in [0.2, 0.25) is 5.91 Å². The molecule has 3 nitrogen and oxygen atoms in total. The summed E-state index contributed by atoms with van der Waals surface area (Å²) in [5.41, 5.74) is 1.79. The van der Waals surface area contributed by atoms with Crippen LogP contribution >= 0.6 is 11.3 Å². The van der Waals surface area contributed by atoms with E-state index in [9.17, 15) is 14.3 Å². The lowest BCUT2D eigenvalue weighted by Gasteiger charge is -2.23. The van der Waals surface area contributed by atoms with Crippen molar-refractivity contribution in [2.45, 2.75) is 25.4 Å². The van der Waals surface area contributed by atoms with Crippen LogP contribution in [0.25, 0.3) is 0 Å². The van der Waals surface area contributed by atoms with Gasteiger partial charge in [0.1, 0.15) is 5.82 Å². The number of carbonyl (C=O) groups excluding carboxylic acids is 1. The third-order valence-corrected chi connectivity index (χ3v) is 4.33. The van der Waals surface area contributed by atoms with E-state index in [1.807, 2.05) is 17.5 Å². The van der Waals surface area contributed by atoms with Gasteiger partial charge < -0.3 is 10.4 Å². The van der Waals surface area contributed by atoms with Gasteiger partial charge in [-0.3, -0.25) is 4.79 Å². The van der Waals surface area contributed by atoms with Gasteiger partial charge in [0.15, 0.2) is 0 Å². The Kier molecular flexibility index (Phi) is 3.54. The van der Waals surface area contributed by atoms with Gasteiger partial charge >= 0.3 is 0 Å². The molecule has 1 aromatic heterocycles. The number of nitrogens with one attached hydrogen (secondary N) is 1. The first-order valence-electron chi connectivity index (χ1n) is 6.46. The Bertz CT molecular complexity index is 640. The van der Waals surface area contributed by atoms with Crippen LogP contribution in [0, 0.1) is 5.82 Å². The molecule has 2 aromatic rings. The summed E-state index contributed by atoms with van der Waals surface area (Å²) in [6.07, 6.45) is 0.467. The average molecular weight is 291 g/mol. The summed E-state index contributed by atoms with van der Waals surface area (Å²) in [6.45, 7) is 0. The van der Waals surface area contributed by atoms with Crippen molar-refractivity contribution in [2.75, 3.05) is 5.32 Å². The molecule has 2 heterocycles. The minimum Gasteiger partial charge on any atom is -0.388 e. The molecule has 0 fully saturated rings. The molecule has 104 valence electrons. The zero-order valence-electron chi connectivity index (χ0n) is 10.7. The number of thiophene rings is 1. The van der Waals surface area contributed by atoms with Crippen LogP contribution in [0.1, 0.15) is 28.5 Å². The summed E-state index contributed by atoms with van der Waals surface area (Å²) in [5.74, 6) is -0.464. The van der Waals surface area contributed by atoms with Crippen LogP contribution in [0.2, 0.25) is 0 Å². The van der Waals surface area contributed by atoms with Gasteiger partial charge in [-0.25, -0.2) is 4.39 Å². The summed E-state index contributed by atoms with van der Waals surface area (Å²) in [4.78, 5) is 12.5. The van der Waals surface area contributed by atoms with E-state index >= 15 is 0 Å². The fourth-order valence-electron chi connectivity index (χ4n) is 2.48. The van der Waals surface area contributed by atoms with Crippen LogP contribution in [-0.4, -0.2) is 11.0 Å². The zero-order valence-corrected chi connectivity index (χ0v) is 11.5. The maximum Gasteiger partial charge on any atom is 0.224 e. The molecule has 1 unspecified atom stereocenters. The SMILES string of the molecule is O=C1CCc2cc(F)cc(C(O)Cc3cccs3)c2N1. The minimum absolute atomic E-state index is 0.0892. The Morgan fingerprint density at radius 3 is 3.00 bits per heavy atom. The first kappa shape index (κ1) is 13.3. The molecule has 20 heavy (non-hydrogen) atoms. The van der Waals surface area contributed by atoms with Crippen LogP contribution in [0.15, 0.2) is 29.6 Å². The second-order valence-electron chi connectivity index (χ2n) is 4.88. The fourth-order valence-corrected chi connectivity index (χ4v) is 3.22. The molecule has 0 bridgehead atoms. The number of aliphatic hydroxyl groups excluding tert-OH is 1. The Balaban J connectivity index is 1.95. The zero-order chi connectivity index (χ0) is 14.1. The van der Waals surface area contributed by atoms with Gasteiger partial charge in [0, 0.05) is 29.0 Å². The Labute approximate surface area is 120 Å². The molecule has 1 aromatic carbocycles. The summed E-state index contributed by atoms with van der Waals surface area (Å²) in [5, 5.41) is 15.0. The molecule has 0 radical (unpaired) electrons. The van der Waals surface area contributed by atoms with Crippen LogP contribution in [0.4, 0.5) is 10.1 Å². The van der Waals surface area contributed by atoms with Gasteiger partial charge in [0.05, 0.1) is 6.10 Å². The van der Waals surface area contributed by atoms with E-state index in [1.165, 1.54) is 12.1 Å². The molecule has 1 aliphatic rings. The van der Waals surface area contributed by atoms with Crippen molar-refractivity contribution in [3.63, 3.8) is 0 Å². The molecule has 0 spiro atoms. The Morgan fingerprint density at radius 1 is 1.40 bits per heavy atom. The summed E-state index contributed by atoms with van der Waals surface area (Å²) < 4.78 is 13.7. The fraction of sp³-hybridized carbons (Fsp3) is 0.267. The molecular weight excluding hydrogens is 277 g/mol. The minimum atomic E-state index is -0.823. The number of benzene rings is 1. The maximum atomic E-state index is 13.7. The van der Waals surface area contributed by atoms with Crippen molar-refractivity contribution in [3.05, 3.63) is 51.5 Å². The van der Waals surface area contributed by atoms with Crippen molar-refractivity contribution in [1.29, 1.82) is 0 Å². The second-order valence-corrected chi connectivity index (χ2v) is 5.91. The van der Waals surface area contributed by atoms with Gasteiger partial charge in [-0.15, -0.1) is 11.3 Å². The third kappa shape index (κ3) is 2.59. The summed E-state index contributed by atoms with van der Waals surface area (Å²) in [7, 11) is 0. The van der Waals surface area contributed by atoms with Gasteiger partial charge in [-0.1, -0.05) is 6.07 Å². The van der Waals surface area contributed by atoms with Crippen molar-refractivity contribution in [3.8, 4) is 0 Å². The lowest BCUT2D eigenvalue weighted by Crippen LogP contribution is -2.21. The number of fused-ring (bicyclic) bond motifs is 1. The van der Waals surface area contributed by atoms with E-state index in [-0.39, 0.29) is 11.7 Å². The predicted octanol–water partition coefficient (Wildman–Crippen LogP) is 3.05. The molecule has 1 atom stereocenters. The van der Waals surface area contributed by atoms with E-state index in [0.717, 1.165) is 10.4 Å². The first-order chi connectivity index (χ1) is 9.63. The van der Waals surface area contributed by atoms with E-state index in [0.29, 0.717) is 30.5 Å². The molecule has 0 saturated heterocycles. The summed E-state index contributed by atoms with van der Waals surface area (Å²) in [6, 6.07) is 6.58. The largest absolute Gasteiger partial charge is 0.388 e. The number of amides is 1. The third-order valence-electron chi connectivity index (χ3n) is 3.43. The molecular formula is C15H14FNO2S. The molecule has 5 heteroatoms. The lowest BCUT2D eigenvalue weighted by molar-refractivity contribution is -0.116. The number of carbonyl (C=O) groups is 1. The highest BCUT2D eigenvalue weighted by atomic mass is 32.1.